The zero-order chi connectivity index (χ0) is 20.5. The zero-order valence-electron chi connectivity index (χ0n) is 16.9. The minimum atomic E-state index is -0.0499. The van der Waals surface area contributed by atoms with Crippen LogP contribution in [0.5, 0.6) is 0 Å². The van der Waals surface area contributed by atoms with Gasteiger partial charge in [0, 0.05) is 41.2 Å². The number of benzene rings is 1. The Bertz CT molecular complexity index is 1120. The number of nitrogens with zero attached hydrogens (tertiary/aromatic N) is 2. The number of amides is 1. The summed E-state index contributed by atoms with van der Waals surface area (Å²) >= 11 is 0. The standard InChI is InChI=1S/C23H26N4O3/c28-22(11-15-13-24-21-4-2-1-3-19(15)21)25-17-5-7-18(8-6-17)27-23(29)12-16-14-30-10-9-20(16)26-27/h1-4,12-13,17-18,24H,5-11,14H2,(H,25,28). The van der Waals surface area contributed by atoms with Gasteiger partial charge >= 0.3 is 0 Å². The summed E-state index contributed by atoms with van der Waals surface area (Å²) in [7, 11) is 0. The molecule has 1 amide bonds. The molecule has 0 atom stereocenters. The molecule has 0 spiro atoms. The van der Waals surface area contributed by atoms with Gasteiger partial charge in [-0.15, -0.1) is 0 Å². The van der Waals surface area contributed by atoms with Gasteiger partial charge in [0.05, 0.1) is 31.4 Å². The SMILES string of the molecule is O=C(Cc1c[nH]c2ccccc12)NC1CCC(n2nc3c(cc2=O)COCC3)CC1. The van der Waals surface area contributed by atoms with Crippen LogP contribution in [-0.2, 0) is 29.0 Å². The van der Waals surface area contributed by atoms with Crippen LogP contribution in [0.1, 0.15) is 48.5 Å². The van der Waals surface area contributed by atoms with E-state index in [1.807, 2.05) is 30.5 Å². The molecule has 156 valence electrons. The summed E-state index contributed by atoms with van der Waals surface area (Å²) in [5, 5.41) is 8.91. The molecule has 1 fully saturated rings. The number of hydrogen-bond donors (Lipinski definition) is 2. The summed E-state index contributed by atoms with van der Waals surface area (Å²) in [5.74, 6) is 0.0484. The van der Waals surface area contributed by atoms with E-state index >= 15 is 0 Å². The number of hydrogen-bond acceptors (Lipinski definition) is 4. The lowest BCUT2D eigenvalue weighted by molar-refractivity contribution is -0.121. The van der Waals surface area contributed by atoms with Crippen LogP contribution >= 0.6 is 0 Å². The van der Waals surface area contributed by atoms with Gasteiger partial charge in [0.15, 0.2) is 0 Å². The molecule has 5 rings (SSSR count). The second-order valence-electron chi connectivity index (χ2n) is 8.31. The third kappa shape index (κ3) is 3.77. The molecule has 1 aliphatic carbocycles. The summed E-state index contributed by atoms with van der Waals surface area (Å²) in [6, 6.07) is 9.96. The number of carbonyl (C=O) groups is 1. The minimum absolute atomic E-state index is 0.0484. The summed E-state index contributed by atoms with van der Waals surface area (Å²) in [4.78, 5) is 28.3. The predicted octanol–water partition coefficient (Wildman–Crippen LogP) is 2.64. The van der Waals surface area contributed by atoms with Gasteiger partial charge in [-0.1, -0.05) is 18.2 Å². The van der Waals surface area contributed by atoms with Crippen LogP contribution in [0.2, 0.25) is 0 Å². The lowest BCUT2D eigenvalue weighted by atomic mass is 9.91. The van der Waals surface area contributed by atoms with E-state index < -0.39 is 0 Å². The largest absolute Gasteiger partial charge is 0.376 e. The molecule has 3 aromatic rings. The van der Waals surface area contributed by atoms with Gasteiger partial charge in [-0.3, -0.25) is 9.59 Å². The van der Waals surface area contributed by atoms with Crippen molar-refractivity contribution >= 4 is 16.8 Å². The molecule has 0 unspecified atom stereocenters. The molecular formula is C23H26N4O3. The van der Waals surface area contributed by atoms with Crippen LogP contribution in [0.3, 0.4) is 0 Å². The molecule has 0 radical (unpaired) electrons. The van der Waals surface area contributed by atoms with Gasteiger partial charge < -0.3 is 15.0 Å². The van der Waals surface area contributed by atoms with E-state index in [0.29, 0.717) is 19.6 Å². The molecule has 0 bridgehead atoms. The molecule has 2 N–H and O–H groups in total. The monoisotopic (exact) mass is 406 g/mol. The van der Waals surface area contributed by atoms with Gasteiger partial charge in [0.2, 0.25) is 5.91 Å². The first-order chi connectivity index (χ1) is 14.7. The van der Waals surface area contributed by atoms with Gasteiger partial charge in [0.1, 0.15) is 0 Å². The van der Waals surface area contributed by atoms with Crippen LogP contribution in [0.25, 0.3) is 10.9 Å². The smallest absolute Gasteiger partial charge is 0.267 e. The second-order valence-corrected chi connectivity index (χ2v) is 8.31. The van der Waals surface area contributed by atoms with Crippen molar-refractivity contribution in [3.8, 4) is 0 Å². The zero-order valence-corrected chi connectivity index (χ0v) is 16.9. The molecule has 7 heteroatoms. The highest BCUT2D eigenvalue weighted by atomic mass is 16.5. The maximum atomic E-state index is 12.6. The number of aromatic nitrogens is 3. The number of nitrogens with one attached hydrogen (secondary N) is 2. The fourth-order valence-electron chi connectivity index (χ4n) is 4.68. The molecule has 2 aliphatic rings. The Morgan fingerprint density at radius 3 is 2.93 bits per heavy atom. The maximum absolute atomic E-state index is 12.6. The van der Waals surface area contributed by atoms with E-state index in [4.69, 9.17) is 4.74 Å². The van der Waals surface area contributed by atoms with Crippen molar-refractivity contribution in [2.24, 2.45) is 0 Å². The van der Waals surface area contributed by atoms with E-state index in [1.54, 1.807) is 10.7 Å². The summed E-state index contributed by atoms with van der Waals surface area (Å²) in [5.41, 5.74) is 3.92. The van der Waals surface area contributed by atoms with Gasteiger partial charge in [-0.2, -0.15) is 5.10 Å². The Balaban J connectivity index is 1.19. The van der Waals surface area contributed by atoms with Crippen LogP contribution in [0, 0.1) is 0 Å². The van der Waals surface area contributed by atoms with Gasteiger partial charge in [-0.25, -0.2) is 4.68 Å². The summed E-state index contributed by atoms with van der Waals surface area (Å²) in [6.45, 7) is 1.14. The molecule has 7 nitrogen and oxygen atoms in total. The highest BCUT2D eigenvalue weighted by Gasteiger charge is 2.26. The molecule has 30 heavy (non-hydrogen) atoms. The minimum Gasteiger partial charge on any atom is -0.376 e. The fourth-order valence-corrected chi connectivity index (χ4v) is 4.68. The van der Waals surface area contributed by atoms with Gasteiger partial charge in [-0.05, 0) is 37.3 Å². The van der Waals surface area contributed by atoms with E-state index in [0.717, 1.165) is 59.8 Å². The van der Waals surface area contributed by atoms with Gasteiger partial charge in [0.25, 0.3) is 5.56 Å². The Labute approximate surface area is 174 Å². The van der Waals surface area contributed by atoms with Crippen LogP contribution < -0.4 is 10.9 Å². The number of fused-ring (bicyclic) bond motifs is 2. The third-order valence-electron chi connectivity index (χ3n) is 6.30. The van der Waals surface area contributed by atoms with Crippen molar-refractivity contribution in [2.75, 3.05) is 6.61 Å². The number of ether oxygens (including phenoxy) is 1. The highest BCUT2D eigenvalue weighted by molar-refractivity contribution is 5.88. The Kier molecular flexibility index (Phi) is 5.12. The first-order valence-corrected chi connectivity index (χ1v) is 10.7. The summed E-state index contributed by atoms with van der Waals surface area (Å²) < 4.78 is 7.08. The normalized spacial score (nSPS) is 21.3. The van der Waals surface area contributed by atoms with E-state index in [2.05, 4.69) is 15.4 Å². The molecule has 3 heterocycles. The van der Waals surface area contributed by atoms with Crippen molar-refractivity contribution in [1.29, 1.82) is 0 Å². The fraction of sp³-hybridized carbons (Fsp3) is 0.435. The molecule has 0 saturated heterocycles. The predicted molar refractivity (Wildman–Crippen MR) is 113 cm³/mol. The number of rotatable bonds is 4. The van der Waals surface area contributed by atoms with Crippen LogP contribution in [0.4, 0.5) is 0 Å². The van der Waals surface area contributed by atoms with Crippen LogP contribution in [-0.4, -0.2) is 33.3 Å². The Morgan fingerprint density at radius 1 is 1.23 bits per heavy atom. The molecule has 2 aromatic heterocycles. The number of H-pyrrole nitrogens is 1. The quantitative estimate of drug-likeness (QED) is 0.697. The highest BCUT2D eigenvalue weighted by Crippen LogP contribution is 2.28. The van der Waals surface area contributed by atoms with E-state index in [1.165, 1.54) is 0 Å². The average molecular weight is 406 g/mol. The summed E-state index contributed by atoms with van der Waals surface area (Å²) in [6.07, 6.45) is 6.46. The van der Waals surface area contributed by atoms with E-state index in [-0.39, 0.29) is 23.6 Å². The molecule has 1 saturated carbocycles. The first kappa shape index (κ1) is 19.1. The lowest BCUT2D eigenvalue weighted by Crippen LogP contribution is -2.40. The number of para-hydroxylation sites is 1. The Hall–Kier alpha value is -2.93. The van der Waals surface area contributed by atoms with Crippen molar-refractivity contribution in [3.63, 3.8) is 0 Å². The topological polar surface area (TPSA) is 89.0 Å². The van der Waals surface area contributed by atoms with E-state index in [9.17, 15) is 9.59 Å². The number of aromatic amines is 1. The average Bonchev–Trinajstić information content (AvgIpc) is 3.17. The molecule has 1 aromatic carbocycles. The maximum Gasteiger partial charge on any atom is 0.267 e. The van der Waals surface area contributed by atoms with Crippen molar-refractivity contribution < 1.29 is 9.53 Å². The lowest BCUT2D eigenvalue weighted by Gasteiger charge is -2.30. The number of carbonyl (C=O) groups excluding carboxylic acids is 1. The Morgan fingerprint density at radius 2 is 2.07 bits per heavy atom. The van der Waals surface area contributed by atoms with Crippen LogP contribution in [0.15, 0.2) is 41.3 Å². The second kappa shape index (κ2) is 8.07. The van der Waals surface area contributed by atoms with Crippen molar-refractivity contribution in [1.82, 2.24) is 20.1 Å². The van der Waals surface area contributed by atoms with Crippen molar-refractivity contribution in [2.45, 2.75) is 57.2 Å². The first-order valence-electron chi connectivity index (χ1n) is 10.7. The van der Waals surface area contributed by atoms with Crippen molar-refractivity contribution in [3.05, 3.63) is 63.7 Å². The third-order valence-corrected chi connectivity index (χ3v) is 6.30. The molecular weight excluding hydrogens is 380 g/mol. The molecule has 1 aliphatic heterocycles.